The van der Waals surface area contributed by atoms with Crippen LogP contribution in [0, 0.1) is 5.92 Å². The van der Waals surface area contributed by atoms with E-state index in [9.17, 15) is 24.0 Å². The summed E-state index contributed by atoms with van der Waals surface area (Å²) in [5, 5.41) is 5.62. The summed E-state index contributed by atoms with van der Waals surface area (Å²) in [4.78, 5) is 73.0. The number of hydrogen-bond acceptors (Lipinski definition) is 9. The Morgan fingerprint density at radius 3 is 2.42 bits per heavy atom. The maximum atomic E-state index is 13.7. The zero-order chi connectivity index (χ0) is 40.9. The number of hydrogen-bond donors (Lipinski definition) is 4. The Hall–Kier alpha value is -4.33. The molecule has 14 heteroatoms. The Kier molecular flexibility index (Phi) is 16.8. The van der Waals surface area contributed by atoms with Gasteiger partial charge in [-0.1, -0.05) is 45.8 Å². The van der Waals surface area contributed by atoms with Crippen molar-refractivity contribution in [2.45, 2.75) is 141 Å². The van der Waals surface area contributed by atoms with E-state index < -0.39 is 29.8 Å². The van der Waals surface area contributed by atoms with Crippen LogP contribution < -0.4 is 25.7 Å². The zero-order valence-electron chi connectivity index (χ0n) is 33.9. The average Bonchev–Trinajstić information content (AvgIpc) is 3.66. The molecule has 0 spiro atoms. The lowest BCUT2D eigenvalue weighted by Gasteiger charge is -2.31. The third-order valence-corrected chi connectivity index (χ3v) is 10.7. The summed E-state index contributed by atoms with van der Waals surface area (Å²) >= 11 is 1.39. The number of ether oxygens (including phenoxy) is 2. The molecule has 1 aliphatic heterocycles. The molecule has 2 heterocycles. The van der Waals surface area contributed by atoms with Crippen molar-refractivity contribution in [2.24, 2.45) is 5.92 Å². The number of carbonyl (C=O) groups excluding carboxylic acids is 4. The molecule has 2 aromatic rings. The standard InChI is InChI=1S/C29H48N4O5S.C12H14N2O2/c1-8-10-11-12-13-15-21(30-27(37)38-28(4,5)6)26(36)33-19-14-16-22(33)24(34)31-23(20(3)9-2)25(35)32-39-29(7)17-18-29;1-7(2)11-12(15)14-10-6-8(16-3)4-5-9(10)13-11/h8-9,20-23H,1-2,10-19H2,3-7H3,(H,30,37)(H,31,34)(H,32,35);4-7H,1-3H3,(H,14,15)/t20-,21-,22?,23?;/m0./s1. The maximum Gasteiger partial charge on any atom is 0.408 e. The number of carbonyl (C=O) groups is 4. The van der Waals surface area contributed by atoms with E-state index in [1.807, 2.05) is 39.0 Å². The van der Waals surface area contributed by atoms with Crippen LogP contribution in [-0.4, -0.2) is 80.8 Å². The van der Waals surface area contributed by atoms with Gasteiger partial charge in [0.2, 0.25) is 11.8 Å². The fraction of sp³-hybridized carbons (Fsp3) is 0.610. The number of methoxy groups -OCH3 is 1. The minimum atomic E-state index is -0.807. The number of H-pyrrole nitrogens is 1. The summed E-state index contributed by atoms with van der Waals surface area (Å²) < 4.78 is 13.4. The second-order valence-electron chi connectivity index (χ2n) is 15.9. The van der Waals surface area contributed by atoms with Gasteiger partial charge in [-0.05, 0) is 96.7 Å². The fourth-order valence-electron chi connectivity index (χ4n) is 5.96. The fourth-order valence-corrected chi connectivity index (χ4v) is 6.74. The summed E-state index contributed by atoms with van der Waals surface area (Å²) in [6.45, 7) is 21.0. The number of unbranched alkanes of at least 4 members (excludes halogenated alkanes) is 3. The monoisotopic (exact) mass is 782 g/mol. The molecule has 1 aromatic carbocycles. The van der Waals surface area contributed by atoms with Crippen molar-refractivity contribution in [3.05, 3.63) is 59.6 Å². The number of rotatable bonds is 17. The van der Waals surface area contributed by atoms with E-state index in [-0.39, 0.29) is 39.9 Å². The number of amides is 4. The van der Waals surface area contributed by atoms with Crippen molar-refractivity contribution in [1.82, 2.24) is 30.2 Å². The second-order valence-corrected chi connectivity index (χ2v) is 17.3. The van der Waals surface area contributed by atoms with E-state index in [1.165, 1.54) is 16.8 Å². The molecule has 2 fully saturated rings. The number of fused-ring (bicyclic) bond motifs is 1. The minimum absolute atomic E-state index is 0.0537. The molecule has 0 radical (unpaired) electrons. The molecular formula is C41H62N6O7S. The van der Waals surface area contributed by atoms with E-state index in [0.717, 1.165) is 44.0 Å². The molecule has 0 bridgehead atoms. The summed E-state index contributed by atoms with van der Waals surface area (Å²) in [7, 11) is 1.59. The van der Waals surface area contributed by atoms with E-state index in [4.69, 9.17) is 9.47 Å². The summed E-state index contributed by atoms with van der Waals surface area (Å²) in [5.41, 5.74) is 1.22. The van der Waals surface area contributed by atoms with Crippen LogP contribution in [0.5, 0.6) is 5.75 Å². The Morgan fingerprint density at radius 2 is 1.82 bits per heavy atom. The van der Waals surface area contributed by atoms with Gasteiger partial charge in [-0.15, -0.1) is 13.2 Å². The lowest BCUT2D eigenvalue weighted by molar-refractivity contribution is -0.141. The lowest BCUT2D eigenvalue weighted by atomic mass is 10.0. The van der Waals surface area contributed by atoms with E-state index in [0.29, 0.717) is 42.8 Å². The molecule has 4 rings (SSSR count). The highest BCUT2D eigenvalue weighted by atomic mass is 32.2. The Labute approximate surface area is 330 Å². The number of aromatic amines is 1. The largest absolute Gasteiger partial charge is 0.497 e. The van der Waals surface area contributed by atoms with Crippen LogP contribution in [0.25, 0.3) is 11.0 Å². The van der Waals surface area contributed by atoms with Gasteiger partial charge in [-0.3, -0.25) is 23.9 Å². The predicted octanol–water partition coefficient (Wildman–Crippen LogP) is 6.69. The van der Waals surface area contributed by atoms with Gasteiger partial charge in [0.05, 0.1) is 18.1 Å². The number of alkyl carbamates (subject to hydrolysis) is 1. The zero-order valence-corrected chi connectivity index (χ0v) is 34.7. The Morgan fingerprint density at radius 1 is 1.11 bits per heavy atom. The Bertz CT molecular complexity index is 1720. The van der Waals surface area contributed by atoms with Crippen LogP contribution >= 0.6 is 11.9 Å². The van der Waals surface area contributed by atoms with E-state index in [1.54, 1.807) is 40.0 Å². The van der Waals surface area contributed by atoms with Crippen LogP contribution in [0.4, 0.5) is 4.79 Å². The molecule has 1 saturated heterocycles. The predicted molar refractivity (Wildman–Crippen MR) is 219 cm³/mol. The topological polar surface area (TPSA) is 172 Å². The first-order chi connectivity index (χ1) is 25.9. The number of aromatic nitrogens is 2. The number of nitrogens with zero attached hydrogens (tertiary/aromatic N) is 2. The first kappa shape index (κ1) is 45.1. The SMILES string of the molecule is C=CCCCCC[C@H](NC(=O)OC(C)(C)C)C(=O)N1CCCC1C(=O)NC(C(=O)NSC1(C)CC1)[C@@H](C)C=C.COc1ccc2nc(C(C)C)c(=O)[nH]c2c1. The lowest BCUT2D eigenvalue weighted by Crippen LogP contribution is -2.57. The number of allylic oxidation sites excluding steroid dienone is 1. The maximum absolute atomic E-state index is 13.7. The molecule has 13 nitrogen and oxygen atoms in total. The van der Waals surface area contributed by atoms with Crippen LogP contribution in [0.15, 0.2) is 48.3 Å². The summed E-state index contributed by atoms with van der Waals surface area (Å²) in [6, 6.07) is 3.12. The second kappa shape index (κ2) is 20.5. The van der Waals surface area contributed by atoms with Crippen molar-refractivity contribution in [3.8, 4) is 5.75 Å². The number of benzene rings is 1. The van der Waals surface area contributed by atoms with Crippen molar-refractivity contribution in [1.29, 1.82) is 0 Å². The highest BCUT2D eigenvalue weighted by molar-refractivity contribution is 7.99. The van der Waals surface area contributed by atoms with Gasteiger partial charge in [0.25, 0.3) is 11.5 Å². The average molecular weight is 783 g/mol. The molecular weight excluding hydrogens is 721 g/mol. The normalized spacial score (nSPS) is 17.5. The van der Waals surface area contributed by atoms with Gasteiger partial charge in [0.1, 0.15) is 35.2 Å². The van der Waals surface area contributed by atoms with Gasteiger partial charge in [-0.2, -0.15) is 0 Å². The highest BCUT2D eigenvalue weighted by Crippen LogP contribution is 2.46. The summed E-state index contributed by atoms with van der Waals surface area (Å²) in [6.07, 6.45) is 9.97. The van der Waals surface area contributed by atoms with Gasteiger partial charge >= 0.3 is 6.09 Å². The highest BCUT2D eigenvalue weighted by Gasteiger charge is 2.42. The quantitative estimate of drug-likeness (QED) is 0.0776. The third kappa shape index (κ3) is 14.0. The molecule has 304 valence electrons. The van der Waals surface area contributed by atoms with Gasteiger partial charge < -0.3 is 30.0 Å². The minimum Gasteiger partial charge on any atom is -0.497 e. The molecule has 2 aliphatic rings. The molecule has 4 N–H and O–H groups in total. The third-order valence-electron chi connectivity index (χ3n) is 9.53. The van der Waals surface area contributed by atoms with Crippen molar-refractivity contribution in [3.63, 3.8) is 0 Å². The number of nitrogens with one attached hydrogen (secondary N) is 4. The summed E-state index contributed by atoms with van der Waals surface area (Å²) in [5.74, 6) is -0.438. The van der Waals surface area contributed by atoms with E-state index >= 15 is 0 Å². The molecule has 1 aromatic heterocycles. The molecule has 2 unspecified atom stereocenters. The van der Waals surface area contributed by atoms with E-state index in [2.05, 4.69) is 45.4 Å². The van der Waals surface area contributed by atoms with Gasteiger partial charge in [0, 0.05) is 29.2 Å². The molecule has 1 aliphatic carbocycles. The Balaban J connectivity index is 0.000000418. The molecule has 1 saturated carbocycles. The van der Waals surface area contributed by atoms with Crippen LogP contribution in [-0.2, 0) is 19.1 Å². The first-order valence-corrected chi connectivity index (χ1v) is 20.1. The van der Waals surface area contributed by atoms with Crippen molar-refractivity contribution in [2.75, 3.05) is 13.7 Å². The molecule has 4 amide bonds. The first-order valence-electron chi connectivity index (χ1n) is 19.3. The van der Waals surface area contributed by atoms with Crippen molar-refractivity contribution < 1.29 is 28.7 Å². The van der Waals surface area contributed by atoms with Crippen LogP contribution in [0.2, 0.25) is 0 Å². The molecule has 55 heavy (non-hydrogen) atoms. The van der Waals surface area contributed by atoms with Crippen molar-refractivity contribution >= 4 is 46.8 Å². The number of likely N-dealkylation sites (tertiary alicyclic amines) is 1. The van der Waals surface area contributed by atoms with Crippen LogP contribution in [0.1, 0.15) is 118 Å². The van der Waals surface area contributed by atoms with Crippen LogP contribution in [0.3, 0.4) is 0 Å². The smallest absolute Gasteiger partial charge is 0.408 e. The van der Waals surface area contributed by atoms with Gasteiger partial charge in [0.15, 0.2) is 0 Å². The molecule has 4 atom stereocenters. The van der Waals surface area contributed by atoms with Gasteiger partial charge in [-0.25, -0.2) is 9.78 Å².